The second-order valence-corrected chi connectivity index (χ2v) is 9.22. The molecule has 0 spiro atoms. The molecule has 1 unspecified atom stereocenters. The number of methoxy groups -OCH3 is 1. The Morgan fingerprint density at radius 1 is 1.26 bits per heavy atom. The third-order valence-electron chi connectivity index (χ3n) is 5.73. The zero-order valence-electron chi connectivity index (χ0n) is 19.2. The molecule has 2 aromatic carbocycles. The zero-order chi connectivity index (χ0) is 24.7. The fourth-order valence-electron chi connectivity index (χ4n) is 4.08. The van der Waals surface area contributed by atoms with Gasteiger partial charge in [0.15, 0.2) is 16.3 Å². The summed E-state index contributed by atoms with van der Waals surface area (Å²) < 4.78 is 23.3. The van der Waals surface area contributed by atoms with Crippen LogP contribution in [0.5, 0.6) is 17.2 Å². The summed E-state index contributed by atoms with van der Waals surface area (Å²) in [5.41, 5.74) is 1.87. The molecule has 0 bridgehead atoms. The number of esters is 1. The fraction of sp³-hybridized carbons (Fsp3) is 0.240. The Balaban J connectivity index is 1.70. The highest BCUT2D eigenvalue weighted by Gasteiger charge is 2.33. The first kappa shape index (κ1) is 23.2. The largest absolute Gasteiger partial charge is 0.497 e. The maximum Gasteiger partial charge on any atom is 0.338 e. The van der Waals surface area contributed by atoms with Crippen molar-refractivity contribution in [1.82, 2.24) is 4.57 Å². The number of carbonyl (C=O) groups is 1. The van der Waals surface area contributed by atoms with E-state index < -0.39 is 12.0 Å². The van der Waals surface area contributed by atoms with Crippen molar-refractivity contribution in [3.8, 4) is 17.2 Å². The number of hydrogen-bond acceptors (Lipinski definition) is 8. The summed E-state index contributed by atoms with van der Waals surface area (Å²) in [4.78, 5) is 31.7. The van der Waals surface area contributed by atoms with Gasteiger partial charge in [-0.15, -0.1) is 0 Å². The molecule has 2 aliphatic rings. The number of rotatable bonds is 5. The van der Waals surface area contributed by atoms with Crippen LogP contribution in [0.4, 0.5) is 0 Å². The lowest BCUT2D eigenvalue weighted by Crippen LogP contribution is -2.39. The Morgan fingerprint density at radius 2 is 1.97 bits per heavy atom. The molecule has 0 fully saturated rings. The molecule has 180 valence electrons. The van der Waals surface area contributed by atoms with Gasteiger partial charge in [-0.3, -0.25) is 9.36 Å². The Hall–Kier alpha value is -3.56. The maximum absolute atomic E-state index is 13.7. The SMILES string of the molecule is CCOC(=O)C1=C(C)N=c2s/c(=C\c3cc4c(cc3Cl)OCO4)c(=O)n2C1c1ccc(OC)cc1. The van der Waals surface area contributed by atoms with Crippen molar-refractivity contribution >= 4 is 35.0 Å². The summed E-state index contributed by atoms with van der Waals surface area (Å²) in [6, 6.07) is 9.92. The Bertz CT molecular complexity index is 1540. The van der Waals surface area contributed by atoms with E-state index in [1.54, 1.807) is 51.3 Å². The average Bonchev–Trinajstić information content (AvgIpc) is 3.42. The van der Waals surface area contributed by atoms with Crippen molar-refractivity contribution in [3.63, 3.8) is 0 Å². The van der Waals surface area contributed by atoms with E-state index in [0.29, 0.717) is 48.4 Å². The molecular weight excluding hydrogens is 492 g/mol. The van der Waals surface area contributed by atoms with E-state index in [1.807, 2.05) is 12.1 Å². The molecule has 1 aromatic heterocycles. The fourth-order valence-corrected chi connectivity index (χ4v) is 5.32. The molecule has 0 amide bonds. The summed E-state index contributed by atoms with van der Waals surface area (Å²) in [5.74, 6) is 1.27. The molecule has 1 atom stereocenters. The van der Waals surface area contributed by atoms with Crippen molar-refractivity contribution in [2.45, 2.75) is 19.9 Å². The van der Waals surface area contributed by atoms with Crippen molar-refractivity contribution in [1.29, 1.82) is 0 Å². The summed E-state index contributed by atoms with van der Waals surface area (Å²) in [7, 11) is 1.58. The first-order valence-electron chi connectivity index (χ1n) is 10.8. The van der Waals surface area contributed by atoms with Crippen molar-refractivity contribution < 1.29 is 23.7 Å². The van der Waals surface area contributed by atoms with E-state index in [9.17, 15) is 9.59 Å². The van der Waals surface area contributed by atoms with Gasteiger partial charge in [-0.2, -0.15) is 0 Å². The van der Waals surface area contributed by atoms with E-state index in [2.05, 4.69) is 4.99 Å². The van der Waals surface area contributed by atoms with E-state index in [4.69, 9.17) is 30.5 Å². The number of hydrogen-bond donors (Lipinski definition) is 0. The summed E-state index contributed by atoms with van der Waals surface area (Å²) in [5, 5.41) is 0.426. The first-order chi connectivity index (χ1) is 16.9. The first-order valence-corrected chi connectivity index (χ1v) is 12.0. The number of benzene rings is 2. The third kappa shape index (κ3) is 4.11. The summed E-state index contributed by atoms with van der Waals surface area (Å²) in [6.07, 6.45) is 1.70. The predicted octanol–water partition coefficient (Wildman–Crippen LogP) is 3.19. The number of carbonyl (C=O) groups excluding carboxylic acids is 1. The molecule has 2 aliphatic heterocycles. The van der Waals surface area contributed by atoms with E-state index in [-0.39, 0.29) is 19.0 Å². The van der Waals surface area contributed by atoms with Crippen LogP contribution in [0.15, 0.2) is 57.5 Å². The van der Waals surface area contributed by atoms with Crippen LogP contribution in [-0.2, 0) is 9.53 Å². The smallest absolute Gasteiger partial charge is 0.338 e. The Labute approximate surface area is 209 Å². The molecule has 8 nitrogen and oxygen atoms in total. The second-order valence-electron chi connectivity index (χ2n) is 7.80. The van der Waals surface area contributed by atoms with E-state index in [0.717, 1.165) is 5.56 Å². The lowest BCUT2D eigenvalue weighted by atomic mass is 9.96. The molecule has 35 heavy (non-hydrogen) atoms. The van der Waals surface area contributed by atoms with Gasteiger partial charge in [0, 0.05) is 6.07 Å². The normalized spacial score (nSPS) is 16.7. The van der Waals surface area contributed by atoms with Crippen molar-refractivity contribution in [2.75, 3.05) is 20.5 Å². The number of halogens is 1. The highest BCUT2D eigenvalue weighted by atomic mass is 35.5. The van der Waals surface area contributed by atoms with Crippen LogP contribution in [0, 0.1) is 0 Å². The maximum atomic E-state index is 13.7. The number of fused-ring (bicyclic) bond motifs is 2. The molecule has 0 aliphatic carbocycles. The van der Waals surface area contributed by atoms with Crippen LogP contribution in [-0.4, -0.2) is 31.0 Å². The van der Waals surface area contributed by atoms with Gasteiger partial charge in [0.05, 0.1) is 40.6 Å². The minimum Gasteiger partial charge on any atom is -0.497 e. The molecule has 3 aromatic rings. The topological polar surface area (TPSA) is 88.4 Å². The average molecular weight is 513 g/mol. The highest BCUT2D eigenvalue weighted by Crippen LogP contribution is 2.37. The molecular formula is C25H21ClN2O6S. The number of thiazole rings is 1. The van der Waals surface area contributed by atoms with Gasteiger partial charge in [0.2, 0.25) is 6.79 Å². The second kappa shape index (κ2) is 9.24. The molecule has 3 heterocycles. The Kier molecular flexibility index (Phi) is 6.12. The third-order valence-corrected chi connectivity index (χ3v) is 7.04. The van der Waals surface area contributed by atoms with Gasteiger partial charge >= 0.3 is 5.97 Å². The monoisotopic (exact) mass is 512 g/mol. The van der Waals surface area contributed by atoms with Crippen LogP contribution in [0.1, 0.15) is 31.0 Å². The molecule has 0 saturated carbocycles. The van der Waals surface area contributed by atoms with Gasteiger partial charge in [-0.05, 0) is 49.2 Å². The minimum atomic E-state index is -0.703. The lowest BCUT2D eigenvalue weighted by molar-refractivity contribution is -0.139. The molecule has 0 saturated heterocycles. The minimum absolute atomic E-state index is 0.120. The summed E-state index contributed by atoms with van der Waals surface area (Å²) >= 11 is 7.66. The van der Waals surface area contributed by atoms with Gasteiger partial charge in [-0.25, -0.2) is 9.79 Å². The standard InChI is InChI=1S/C25H21ClN2O6S/c1-4-32-24(30)21-13(2)27-25-28(22(21)14-5-7-16(31-3)8-6-14)23(29)20(35-25)10-15-9-18-19(11-17(15)26)34-12-33-18/h5-11,22H,4,12H2,1-3H3/b20-10-. The zero-order valence-corrected chi connectivity index (χ0v) is 20.7. The van der Waals surface area contributed by atoms with E-state index in [1.165, 1.54) is 15.9 Å². The van der Waals surface area contributed by atoms with Gasteiger partial charge < -0.3 is 18.9 Å². The van der Waals surface area contributed by atoms with Gasteiger partial charge in [-0.1, -0.05) is 35.1 Å². The van der Waals surface area contributed by atoms with Crippen LogP contribution in [0.25, 0.3) is 6.08 Å². The molecule has 10 heteroatoms. The lowest BCUT2D eigenvalue weighted by Gasteiger charge is -2.24. The number of allylic oxidation sites excluding steroid dienone is 1. The number of nitrogens with zero attached hydrogens (tertiary/aromatic N) is 2. The van der Waals surface area contributed by atoms with Crippen LogP contribution in [0.2, 0.25) is 5.02 Å². The van der Waals surface area contributed by atoms with Crippen molar-refractivity contribution in [3.05, 3.63) is 83.5 Å². The van der Waals surface area contributed by atoms with Crippen molar-refractivity contribution in [2.24, 2.45) is 4.99 Å². The summed E-state index contributed by atoms with van der Waals surface area (Å²) in [6.45, 7) is 3.81. The van der Waals surface area contributed by atoms with Gasteiger partial charge in [0.1, 0.15) is 5.75 Å². The molecule has 0 radical (unpaired) electrons. The molecule has 5 rings (SSSR count). The number of aromatic nitrogens is 1. The van der Waals surface area contributed by atoms with Crippen LogP contribution < -0.4 is 29.1 Å². The quantitative estimate of drug-likeness (QED) is 0.488. The van der Waals surface area contributed by atoms with Crippen LogP contribution >= 0.6 is 22.9 Å². The predicted molar refractivity (Wildman–Crippen MR) is 131 cm³/mol. The van der Waals surface area contributed by atoms with Gasteiger partial charge in [0.25, 0.3) is 5.56 Å². The van der Waals surface area contributed by atoms with Crippen LogP contribution in [0.3, 0.4) is 0 Å². The van der Waals surface area contributed by atoms with E-state index >= 15 is 0 Å². The molecule has 0 N–H and O–H groups in total. The number of ether oxygens (including phenoxy) is 4. The highest BCUT2D eigenvalue weighted by molar-refractivity contribution is 7.07. The Morgan fingerprint density at radius 3 is 2.66 bits per heavy atom.